The van der Waals surface area contributed by atoms with Gasteiger partial charge in [-0.1, -0.05) is 24.3 Å². The summed E-state index contributed by atoms with van der Waals surface area (Å²) in [5, 5.41) is 15.8. The second kappa shape index (κ2) is 7.43. The van der Waals surface area contributed by atoms with E-state index in [0.29, 0.717) is 5.69 Å². The zero-order chi connectivity index (χ0) is 18.6. The van der Waals surface area contributed by atoms with Crippen molar-refractivity contribution < 1.29 is 24.3 Å². The molecule has 1 fully saturated rings. The minimum absolute atomic E-state index is 0.00168. The Kier molecular flexibility index (Phi) is 5.33. The number of amides is 4. The molecular weight excluding hydrogens is 326 g/mol. The van der Waals surface area contributed by atoms with Crippen LogP contribution in [0.3, 0.4) is 0 Å². The lowest BCUT2D eigenvalue weighted by Gasteiger charge is -2.31. The Morgan fingerprint density at radius 3 is 2.48 bits per heavy atom. The third-order valence-corrected chi connectivity index (χ3v) is 3.59. The average molecular weight is 342 g/mol. The number of carbonyl (C=O) groups excluding carboxylic acids is 4. The van der Waals surface area contributed by atoms with Crippen molar-refractivity contribution in [2.45, 2.75) is 6.92 Å². The number of aromatic carboxylic acids is 1. The molecule has 1 aliphatic rings. The Labute approximate surface area is 143 Å². The molecule has 1 atom stereocenters. The van der Waals surface area contributed by atoms with Crippen molar-refractivity contribution >= 4 is 29.5 Å². The number of carbonyl (C=O) groups is 4. The highest BCUT2D eigenvalue weighted by molar-refractivity contribution is 6.18. The lowest BCUT2D eigenvalue weighted by atomic mass is 9.99. The molecule has 8 heteroatoms. The summed E-state index contributed by atoms with van der Waals surface area (Å²) in [5.74, 6) is -3.93. The van der Waals surface area contributed by atoms with Crippen molar-refractivity contribution in [1.82, 2.24) is 10.2 Å². The number of rotatable bonds is 6. The molecule has 2 N–H and O–H groups in total. The second-order valence-electron chi connectivity index (χ2n) is 5.20. The topological polar surface area (TPSA) is 119 Å². The van der Waals surface area contributed by atoms with Crippen molar-refractivity contribution in [1.29, 1.82) is 0 Å². The standard InChI is InChI=1S/C17H17N3O5/c1-3-9-20-15(22)13(14(21)19-17(20)25)12(4-2)18-11-7-5-10(6-8-11)16(23)24/h3-8,13,18H,1,9H2,2H3,(H,23,24)(H,19,21,25)/p-1/b12-4+/t13-/m1/s1. The highest BCUT2D eigenvalue weighted by Gasteiger charge is 2.41. The molecule has 1 aliphatic heterocycles. The summed E-state index contributed by atoms with van der Waals surface area (Å²) in [7, 11) is 0. The normalized spacial score (nSPS) is 18.0. The minimum atomic E-state index is -1.31. The van der Waals surface area contributed by atoms with Gasteiger partial charge in [-0.2, -0.15) is 0 Å². The Morgan fingerprint density at radius 2 is 1.96 bits per heavy atom. The van der Waals surface area contributed by atoms with Crippen LogP contribution in [0.2, 0.25) is 0 Å². The molecule has 130 valence electrons. The van der Waals surface area contributed by atoms with Crippen LogP contribution >= 0.6 is 0 Å². The van der Waals surface area contributed by atoms with E-state index < -0.39 is 29.7 Å². The summed E-state index contributed by atoms with van der Waals surface area (Å²) < 4.78 is 0. The smallest absolute Gasteiger partial charge is 0.331 e. The maximum absolute atomic E-state index is 12.5. The number of carboxylic acids is 1. The molecule has 0 bridgehead atoms. The zero-order valence-corrected chi connectivity index (χ0v) is 13.4. The molecule has 0 radical (unpaired) electrons. The minimum Gasteiger partial charge on any atom is -0.545 e. The van der Waals surface area contributed by atoms with Gasteiger partial charge in [0.05, 0.1) is 5.97 Å². The number of carboxylic acid groups (broad SMARTS) is 1. The average Bonchev–Trinajstić information content (AvgIpc) is 2.57. The van der Waals surface area contributed by atoms with Crippen molar-refractivity contribution in [3.63, 3.8) is 0 Å². The van der Waals surface area contributed by atoms with E-state index in [-0.39, 0.29) is 17.8 Å². The fourth-order valence-corrected chi connectivity index (χ4v) is 2.36. The number of barbiturate groups is 1. The molecule has 8 nitrogen and oxygen atoms in total. The summed E-state index contributed by atoms with van der Waals surface area (Å²) in [4.78, 5) is 48.0. The van der Waals surface area contributed by atoms with Gasteiger partial charge in [-0.05, 0) is 24.6 Å². The lowest BCUT2D eigenvalue weighted by Crippen LogP contribution is -2.58. The Hall–Kier alpha value is -3.42. The van der Waals surface area contributed by atoms with Crippen LogP contribution in [0.1, 0.15) is 17.3 Å². The molecule has 0 saturated carbocycles. The van der Waals surface area contributed by atoms with Crippen molar-refractivity contribution in [2.75, 3.05) is 11.9 Å². The maximum Gasteiger partial charge on any atom is 0.331 e. The van der Waals surface area contributed by atoms with Gasteiger partial charge in [0.1, 0.15) is 0 Å². The van der Waals surface area contributed by atoms with Crippen LogP contribution in [0.4, 0.5) is 10.5 Å². The van der Waals surface area contributed by atoms with E-state index in [1.165, 1.54) is 36.4 Å². The fourth-order valence-electron chi connectivity index (χ4n) is 2.36. The van der Waals surface area contributed by atoms with Gasteiger partial charge < -0.3 is 15.2 Å². The highest BCUT2D eigenvalue weighted by atomic mass is 16.4. The van der Waals surface area contributed by atoms with Crippen LogP contribution in [-0.4, -0.2) is 35.3 Å². The quantitative estimate of drug-likeness (QED) is 0.565. The molecular formula is C17H16N3O5-. The molecule has 4 amide bonds. The van der Waals surface area contributed by atoms with Crippen molar-refractivity contribution in [3.8, 4) is 0 Å². The first-order valence-corrected chi connectivity index (χ1v) is 7.40. The number of imide groups is 2. The summed E-state index contributed by atoms with van der Waals surface area (Å²) in [5.41, 5.74) is 0.748. The number of urea groups is 1. The monoisotopic (exact) mass is 342 g/mol. The first kappa shape index (κ1) is 17.9. The van der Waals surface area contributed by atoms with Gasteiger partial charge in [-0.3, -0.25) is 19.8 Å². The van der Waals surface area contributed by atoms with Gasteiger partial charge in [-0.25, -0.2) is 4.79 Å². The number of nitrogens with zero attached hydrogens (tertiary/aromatic N) is 1. The van der Waals surface area contributed by atoms with E-state index in [1.807, 2.05) is 0 Å². The van der Waals surface area contributed by atoms with Crippen molar-refractivity contribution in [2.24, 2.45) is 5.92 Å². The largest absolute Gasteiger partial charge is 0.545 e. The van der Waals surface area contributed by atoms with Crippen LogP contribution in [-0.2, 0) is 9.59 Å². The summed E-state index contributed by atoms with van der Waals surface area (Å²) in [6.07, 6.45) is 2.92. The molecule has 0 spiro atoms. The predicted molar refractivity (Wildman–Crippen MR) is 87.1 cm³/mol. The summed E-state index contributed by atoms with van der Waals surface area (Å²) in [6, 6.07) is 4.83. The molecule has 1 saturated heterocycles. The van der Waals surface area contributed by atoms with E-state index in [9.17, 15) is 24.3 Å². The number of anilines is 1. The molecule has 0 unspecified atom stereocenters. The number of allylic oxidation sites excluding steroid dienone is 1. The van der Waals surface area contributed by atoms with Crippen LogP contribution < -0.4 is 15.7 Å². The zero-order valence-electron chi connectivity index (χ0n) is 13.4. The molecule has 1 heterocycles. The van der Waals surface area contributed by atoms with Crippen molar-refractivity contribution in [3.05, 3.63) is 54.3 Å². The van der Waals surface area contributed by atoms with Gasteiger partial charge in [0.2, 0.25) is 11.8 Å². The second-order valence-corrected chi connectivity index (χ2v) is 5.20. The Bertz CT molecular complexity index is 767. The maximum atomic E-state index is 12.5. The number of benzene rings is 1. The molecule has 0 aromatic heterocycles. The van der Waals surface area contributed by atoms with Crippen LogP contribution in [0.5, 0.6) is 0 Å². The van der Waals surface area contributed by atoms with Crippen LogP contribution in [0.25, 0.3) is 0 Å². The number of hydrogen-bond donors (Lipinski definition) is 2. The van der Waals surface area contributed by atoms with E-state index >= 15 is 0 Å². The van der Waals surface area contributed by atoms with Gasteiger partial charge >= 0.3 is 6.03 Å². The van der Waals surface area contributed by atoms with E-state index in [1.54, 1.807) is 6.92 Å². The molecule has 2 rings (SSSR count). The number of nitrogens with one attached hydrogen (secondary N) is 2. The molecule has 0 aliphatic carbocycles. The first-order chi connectivity index (χ1) is 11.9. The third-order valence-electron chi connectivity index (χ3n) is 3.59. The first-order valence-electron chi connectivity index (χ1n) is 7.40. The highest BCUT2D eigenvalue weighted by Crippen LogP contribution is 2.22. The predicted octanol–water partition coefficient (Wildman–Crippen LogP) is 0.246. The van der Waals surface area contributed by atoms with Crippen LogP contribution in [0.15, 0.2) is 48.7 Å². The fraction of sp³-hybridized carbons (Fsp3) is 0.176. The Morgan fingerprint density at radius 1 is 1.32 bits per heavy atom. The summed E-state index contributed by atoms with van der Waals surface area (Å²) in [6.45, 7) is 5.09. The third kappa shape index (κ3) is 3.74. The summed E-state index contributed by atoms with van der Waals surface area (Å²) >= 11 is 0. The van der Waals surface area contributed by atoms with E-state index in [0.717, 1.165) is 4.90 Å². The van der Waals surface area contributed by atoms with Gasteiger partial charge in [0, 0.05) is 17.9 Å². The Balaban J connectivity index is 2.25. The molecule has 1 aromatic carbocycles. The SMILES string of the molecule is C=CCN1C(=O)NC(=O)[C@@H](/C(=C\C)Nc2ccc(C(=O)[O-])cc2)C1=O. The molecule has 1 aromatic rings. The van der Waals surface area contributed by atoms with E-state index in [2.05, 4.69) is 17.2 Å². The van der Waals surface area contributed by atoms with Gasteiger partial charge in [0.15, 0.2) is 5.92 Å². The van der Waals surface area contributed by atoms with Crippen LogP contribution in [0, 0.1) is 5.92 Å². The lowest BCUT2D eigenvalue weighted by molar-refractivity contribution is -0.255. The molecule has 25 heavy (non-hydrogen) atoms. The van der Waals surface area contributed by atoms with Gasteiger partial charge in [-0.15, -0.1) is 6.58 Å². The van der Waals surface area contributed by atoms with Gasteiger partial charge in [0.25, 0.3) is 0 Å². The van der Waals surface area contributed by atoms with E-state index in [4.69, 9.17) is 0 Å². The number of hydrogen-bond acceptors (Lipinski definition) is 6.